The van der Waals surface area contributed by atoms with Crippen LogP contribution in [0.25, 0.3) is 22.0 Å². The van der Waals surface area contributed by atoms with Gasteiger partial charge in [0.1, 0.15) is 7.11 Å². The Labute approximate surface area is 124 Å². The van der Waals surface area contributed by atoms with E-state index in [4.69, 9.17) is 4.84 Å². The molecule has 100 valence electrons. The number of aromatic nitrogens is 1. The first-order valence-corrected chi connectivity index (χ1v) is 6.95. The Balaban J connectivity index is 2.39. The lowest BCUT2D eigenvalue weighted by Gasteiger charge is -2.12. The molecule has 0 N–H and O–H groups in total. The first-order valence-electron chi connectivity index (χ1n) is 6.16. The SMILES string of the molecule is COn1c(-c2ccccc2)cc2ccc(Br)cc2c1=O. The van der Waals surface area contributed by atoms with Crippen molar-refractivity contribution in [3.8, 4) is 11.3 Å². The molecule has 3 nitrogen and oxygen atoms in total. The number of hydrogen-bond donors (Lipinski definition) is 0. The summed E-state index contributed by atoms with van der Waals surface area (Å²) in [7, 11) is 1.50. The Kier molecular flexibility index (Phi) is 3.32. The summed E-state index contributed by atoms with van der Waals surface area (Å²) in [5.41, 5.74) is 1.52. The third-order valence-corrected chi connectivity index (χ3v) is 3.69. The fourth-order valence-corrected chi connectivity index (χ4v) is 2.62. The van der Waals surface area contributed by atoms with Crippen molar-refractivity contribution < 1.29 is 4.84 Å². The van der Waals surface area contributed by atoms with Crippen LogP contribution in [0, 0.1) is 0 Å². The maximum absolute atomic E-state index is 12.5. The second-order valence-corrected chi connectivity index (χ2v) is 5.32. The monoisotopic (exact) mass is 329 g/mol. The molecule has 0 aliphatic heterocycles. The molecule has 1 heterocycles. The lowest BCUT2D eigenvalue weighted by molar-refractivity contribution is 0.163. The molecule has 0 amide bonds. The van der Waals surface area contributed by atoms with Crippen LogP contribution in [0.5, 0.6) is 0 Å². The molecule has 0 aliphatic rings. The molecule has 0 fully saturated rings. The summed E-state index contributed by atoms with van der Waals surface area (Å²) in [6.07, 6.45) is 0. The summed E-state index contributed by atoms with van der Waals surface area (Å²) in [6.45, 7) is 0. The van der Waals surface area contributed by atoms with Gasteiger partial charge in [-0.1, -0.05) is 52.3 Å². The maximum atomic E-state index is 12.5. The minimum Gasteiger partial charge on any atom is -0.413 e. The third-order valence-electron chi connectivity index (χ3n) is 3.19. The van der Waals surface area contributed by atoms with Crippen molar-refractivity contribution in [3.63, 3.8) is 0 Å². The highest BCUT2D eigenvalue weighted by Gasteiger charge is 2.11. The van der Waals surface area contributed by atoms with E-state index in [1.807, 2.05) is 54.6 Å². The standard InChI is InChI=1S/C16H12BrNO2/c1-20-18-15(11-5-3-2-4-6-11)9-12-7-8-13(17)10-14(12)16(18)19/h2-10H,1H3. The number of hydrogen-bond acceptors (Lipinski definition) is 2. The maximum Gasteiger partial charge on any atom is 0.291 e. The normalized spacial score (nSPS) is 10.7. The average Bonchev–Trinajstić information content (AvgIpc) is 2.48. The summed E-state index contributed by atoms with van der Waals surface area (Å²) < 4.78 is 2.20. The molecule has 2 aromatic carbocycles. The summed E-state index contributed by atoms with van der Waals surface area (Å²) >= 11 is 3.39. The first kappa shape index (κ1) is 12.9. The lowest BCUT2D eigenvalue weighted by Crippen LogP contribution is -2.26. The van der Waals surface area contributed by atoms with E-state index in [2.05, 4.69) is 15.9 Å². The van der Waals surface area contributed by atoms with Crippen molar-refractivity contribution in [2.75, 3.05) is 7.11 Å². The molecule has 0 spiro atoms. The molecule has 0 aliphatic carbocycles. The number of halogens is 1. The van der Waals surface area contributed by atoms with Crippen LogP contribution in [0.2, 0.25) is 0 Å². The van der Waals surface area contributed by atoms with Gasteiger partial charge in [0.25, 0.3) is 5.56 Å². The highest BCUT2D eigenvalue weighted by atomic mass is 79.9. The molecular formula is C16H12BrNO2. The van der Waals surface area contributed by atoms with E-state index in [-0.39, 0.29) is 5.56 Å². The van der Waals surface area contributed by atoms with E-state index in [1.165, 1.54) is 11.8 Å². The second-order valence-electron chi connectivity index (χ2n) is 4.41. The molecular weight excluding hydrogens is 318 g/mol. The van der Waals surface area contributed by atoms with Gasteiger partial charge in [0, 0.05) is 10.0 Å². The zero-order chi connectivity index (χ0) is 14.1. The van der Waals surface area contributed by atoms with E-state index < -0.39 is 0 Å². The number of fused-ring (bicyclic) bond motifs is 1. The minimum atomic E-state index is -0.162. The van der Waals surface area contributed by atoms with E-state index in [0.29, 0.717) is 5.39 Å². The predicted octanol–water partition coefficient (Wildman–Crippen LogP) is 3.49. The van der Waals surface area contributed by atoms with Crippen molar-refractivity contribution in [1.82, 2.24) is 4.73 Å². The molecule has 1 aromatic heterocycles. The van der Waals surface area contributed by atoms with Gasteiger partial charge in [-0.15, -0.1) is 4.73 Å². The second kappa shape index (κ2) is 5.13. The Morgan fingerprint density at radius 1 is 1.05 bits per heavy atom. The smallest absolute Gasteiger partial charge is 0.291 e. The van der Waals surface area contributed by atoms with E-state index >= 15 is 0 Å². The summed E-state index contributed by atoms with van der Waals surface area (Å²) in [6, 6.07) is 17.3. The predicted molar refractivity (Wildman–Crippen MR) is 83.8 cm³/mol. The fraction of sp³-hybridized carbons (Fsp3) is 0.0625. The quantitative estimate of drug-likeness (QED) is 0.720. The highest BCUT2D eigenvalue weighted by molar-refractivity contribution is 9.10. The van der Waals surface area contributed by atoms with Crippen LogP contribution in [0.15, 0.2) is 63.9 Å². The van der Waals surface area contributed by atoms with Gasteiger partial charge in [-0.3, -0.25) is 4.79 Å². The molecule has 0 unspecified atom stereocenters. The van der Waals surface area contributed by atoms with Gasteiger partial charge in [-0.05, 0) is 23.6 Å². The molecule has 3 aromatic rings. The molecule has 3 rings (SSSR count). The van der Waals surface area contributed by atoms with Gasteiger partial charge in [0.05, 0.1) is 11.1 Å². The Bertz CT molecular complexity index is 825. The topological polar surface area (TPSA) is 31.2 Å². The van der Waals surface area contributed by atoms with Gasteiger partial charge >= 0.3 is 0 Å². The average molecular weight is 330 g/mol. The lowest BCUT2D eigenvalue weighted by atomic mass is 10.1. The van der Waals surface area contributed by atoms with Crippen LogP contribution >= 0.6 is 15.9 Å². The molecule has 0 saturated carbocycles. The first-order chi connectivity index (χ1) is 9.70. The summed E-state index contributed by atoms with van der Waals surface area (Å²) in [5, 5.41) is 1.52. The van der Waals surface area contributed by atoms with Gasteiger partial charge in [0.2, 0.25) is 0 Å². The van der Waals surface area contributed by atoms with Crippen LogP contribution in [0.4, 0.5) is 0 Å². The summed E-state index contributed by atoms with van der Waals surface area (Å²) in [5.74, 6) is 0. The zero-order valence-electron chi connectivity index (χ0n) is 10.8. The molecule has 0 bridgehead atoms. The van der Waals surface area contributed by atoms with Gasteiger partial charge in [-0.2, -0.15) is 0 Å². The van der Waals surface area contributed by atoms with Crippen molar-refractivity contribution in [2.24, 2.45) is 0 Å². The number of pyridine rings is 1. The molecule has 0 radical (unpaired) electrons. The Morgan fingerprint density at radius 2 is 1.80 bits per heavy atom. The minimum absolute atomic E-state index is 0.162. The van der Waals surface area contributed by atoms with Gasteiger partial charge in [-0.25, -0.2) is 0 Å². The zero-order valence-corrected chi connectivity index (χ0v) is 12.4. The largest absolute Gasteiger partial charge is 0.413 e. The van der Waals surface area contributed by atoms with E-state index in [9.17, 15) is 4.79 Å². The van der Waals surface area contributed by atoms with Gasteiger partial charge in [0.15, 0.2) is 0 Å². The summed E-state index contributed by atoms with van der Waals surface area (Å²) in [4.78, 5) is 17.8. The fourth-order valence-electron chi connectivity index (χ4n) is 2.26. The molecule has 4 heteroatoms. The van der Waals surface area contributed by atoms with Crippen molar-refractivity contribution in [3.05, 3.63) is 69.4 Å². The molecule has 20 heavy (non-hydrogen) atoms. The van der Waals surface area contributed by atoms with Crippen LogP contribution in [-0.2, 0) is 0 Å². The van der Waals surface area contributed by atoms with Crippen molar-refractivity contribution in [1.29, 1.82) is 0 Å². The Morgan fingerprint density at radius 3 is 2.50 bits per heavy atom. The molecule has 0 saturated heterocycles. The van der Waals surface area contributed by atoms with Crippen LogP contribution in [0.3, 0.4) is 0 Å². The van der Waals surface area contributed by atoms with Crippen LogP contribution < -0.4 is 10.4 Å². The van der Waals surface area contributed by atoms with Crippen LogP contribution in [-0.4, -0.2) is 11.8 Å². The Hall–Kier alpha value is -2.07. The number of rotatable bonds is 2. The van der Waals surface area contributed by atoms with Gasteiger partial charge < -0.3 is 4.84 Å². The highest BCUT2D eigenvalue weighted by Crippen LogP contribution is 2.23. The molecule has 0 atom stereocenters. The van der Waals surface area contributed by atoms with E-state index in [0.717, 1.165) is 21.1 Å². The van der Waals surface area contributed by atoms with Crippen molar-refractivity contribution >= 4 is 26.7 Å². The van der Waals surface area contributed by atoms with Crippen LogP contribution in [0.1, 0.15) is 0 Å². The number of nitrogens with zero attached hydrogens (tertiary/aromatic N) is 1. The van der Waals surface area contributed by atoms with E-state index in [1.54, 1.807) is 0 Å². The van der Waals surface area contributed by atoms with Crippen molar-refractivity contribution in [2.45, 2.75) is 0 Å². The number of benzene rings is 2. The third kappa shape index (κ3) is 2.12.